The van der Waals surface area contributed by atoms with E-state index in [0.717, 1.165) is 60.6 Å². The first kappa shape index (κ1) is 21.2. The molecule has 1 saturated carbocycles. The number of H-pyrrole nitrogens is 1. The molecule has 0 unspecified atom stereocenters. The fourth-order valence-electron chi connectivity index (χ4n) is 5.30. The summed E-state index contributed by atoms with van der Waals surface area (Å²) >= 11 is 0. The summed E-state index contributed by atoms with van der Waals surface area (Å²) in [5.41, 5.74) is 6.26. The van der Waals surface area contributed by atoms with Crippen LogP contribution >= 0.6 is 0 Å². The Bertz CT molecular complexity index is 1390. The monoisotopic (exact) mass is 481 g/mol. The van der Waals surface area contributed by atoms with Crippen LogP contribution in [-0.2, 0) is 37.1 Å². The quantitative estimate of drug-likeness (QED) is 0.434. The van der Waals surface area contributed by atoms with E-state index < -0.39 is 0 Å². The highest BCUT2D eigenvalue weighted by molar-refractivity contribution is 5.76. The van der Waals surface area contributed by atoms with Crippen LogP contribution in [0.25, 0.3) is 11.3 Å². The van der Waals surface area contributed by atoms with Gasteiger partial charge in [-0.25, -0.2) is 15.0 Å². The van der Waals surface area contributed by atoms with Crippen molar-refractivity contribution in [2.75, 3.05) is 11.9 Å². The SMILES string of the molecule is O=C(Cn1cc(-c2cnc(NC3Cc4ccccc4C3)nc2)nc1C1CC1)N1CCc2n[nH]nc2C1. The van der Waals surface area contributed by atoms with Crippen LogP contribution in [0, 0.1) is 0 Å². The molecule has 0 atom stereocenters. The van der Waals surface area contributed by atoms with E-state index in [2.05, 4.69) is 55.0 Å². The molecule has 0 radical (unpaired) electrons. The van der Waals surface area contributed by atoms with E-state index in [9.17, 15) is 4.79 Å². The molecule has 2 aliphatic carbocycles. The molecule has 1 aliphatic heterocycles. The minimum absolute atomic E-state index is 0.0721. The Hall–Kier alpha value is -4.08. The van der Waals surface area contributed by atoms with Gasteiger partial charge in [0.25, 0.3) is 0 Å². The van der Waals surface area contributed by atoms with Crippen LogP contribution in [0.3, 0.4) is 0 Å². The maximum atomic E-state index is 13.1. The van der Waals surface area contributed by atoms with E-state index in [-0.39, 0.29) is 12.5 Å². The predicted octanol–water partition coefficient (Wildman–Crippen LogP) is 2.50. The van der Waals surface area contributed by atoms with Gasteiger partial charge in [-0.05, 0) is 36.8 Å². The van der Waals surface area contributed by atoms with Crippen molar-refractivity contribution in [1.82, 2.24) is 39.8 Å². The summed E-state index contributed by atoms with van der Waals surface area (Å²) in [6.45, 7) is 1.43. The van der Waals surface area contributed by atoms with Crippen LogP contribution < -0.4 is 5.32 Å². The smallest absolute Gasteiger partial charge is 0.242 e. The number of aromatic amines is 1. The highest BCUT2D eigenvalue weighted by Crippen LogP contribution is 2.40. The van der Waals surface area contributed by atoms with Gasteiger partial charge in [-0.1, -0.05) is 24.3 Å². The Labute approximate surface area is 208 Å². The first-order valence-corrected chi connectivity index (χ1v) is 12.6. The average molecular weight is 482 g/mol. The molecular formula is C26H27N9O. The summed E-state index contributed by atoms with van der Waals surface area (Å²) in [7, 11) is 0. The number of nitrogens with zero attached hydrogens (tertiary/aromatic N) is 7. The lowest BCUT2D eigenvalue weighted by Crippen LogP contribution is -2.38. The molecule has 10 heteroatoms. The summed E-state index contributed by atoms with van der Waals surface area (Å²) < 4.78 is 2.01. The molecule has 4 aromatic rings. The van der Waals surface area contributed by atoms with Crippen LogP contribution in [-0.4, -0.2) is 58.3 Å². The number of imidazole rings is 1. The molecule has 182 valence electrons. The van der Waals surface area contributed by atoms with Crippen molar-refractivity contribution in [2.24, 2.45) is 0 Å². The van der Waals surface area contributed by atoms with Crippen molar-refractivity contribution in [3.63, 3.8) is 0 Å². The van der Waals surface area contributed by atoms with Gasteiger partial charge >= 0.3 is 0 Å². The molecule has 36 heavy (non-hydrogen) atoms. The summed E-state index contributed by atoms with van der Waals surface area (Å²) in [5, 5.41) is 14.5. The Morgan fingerprint density at radius 1 is 1.06 bits per heavy atom. The zero-order chi connectivity index (χ0) is 24.1. The number of anilines is 1. The summed E-state index contributed by atoms with van der Waals surface area (Å²) in [6.07, 6.45) is 10.5. The number of benzene rings is 1. The maximum Gasteiger partial charge on any atom is 0.242 e. The van der Waals surface area contributed by atoms with Crippen molar-refractivity contribution in [1.29, 1.82) is 0 Å². The van der Waals surface area contributed by atoms with Crippen molar-refractivity contribution in [2.45, 2.75) is 57.2 Å². The van der Waals surface area contributed by atoms with Crippen LogP contribution in [0.15, 0.2) is 42.9 Å². The van der Waals surface area contributed by atoms with E-state index in [1.807, 2.05) is 28.1 Å². The van der Waals surface area contributed by atoms with Crippen molar-refractivity contribution < 1.29 is 4.79 Å². The Morgan fingerprint density at radius 3 is 2.56 bits per heavy atom. The lowest BCUT2D eigenvalue weighted by atomic mass is 10.1. The average Bonchev–Trinajstić information content (AvgIpc) is 3.29. The van der Waals surface area contributed by atoms with Crippen LogP contribution in [0.5, 0.6) is 0 Å². The van der Waals surface area contributed by atoms with Crippen LogP contribution in [0.4, 0.5) is 5.95 Å². The van der Waals surface area contributed by atoms with E-state index in [1.165, 1.54) is 11.1 Å². The first-order chi connectivity index (χ1) is 17.7. The fourth-order valence-corrected chi connectivity index (χ4v) is 5.30. The van der Waals surface area contributed by atoms with Gasteiger partial charge in [-0.2, -0.15) is 15.4 Å². The van der Waals surface area contributed by atoms with Crippen molar-refractivity contribution >= 4 is 11.9 Å². The van der Waals surface area contributed by atoms with Gasteiger partial charge in [-0.15, -0.1) is 0 Å². The third-order valence-corrected chi connectivity index (χ3v) is 7.40. The largest absolute Gasteiger partial charge is 0.351 e. The van der Waals surface area contributed by atoms with Crippen molar-refractivity contribution in [3.8, 4) is 11.3 Å². The molecule has 0 bridgehead atoms. The molecule has 10 nitrogen and oxygen atoms in total. The number of fused-ring (bicyclic) bond motifs is 2. The van der Waals surface area contributed by atoms with E-state index in [0.29, 0.717) is 31.0 Å². The molecule has 1 fully saturated rings. The predicted molar refractivity (Wildman–Crippen MR) is 132 cm³/mol. The minimum atomic E-state index is 0.0721. The summed E-state index contributed by atoms with van der Waals surface area (Å²) in [5.74, 6) is 2.10. The van der Waals surface area contributed by atoms with Gasteiger partial charge in [0, 0.05) is 49.1 Å². The number of nitrogens with one attached hydrogen (secondary N) is 2. The second-order valence-corrected chi connectivity index (χ2v) is 9.98. The molecule has 3 aromatic heterocycles. The Morgan fingerprint density at radius 2 is 1.81 bits per heavy atom. The normalized spacial score (nSPS) is 17.2. The number of aromatic nitrogens is 7. The molecule has 0 saturated heterocycles. The fraction of sp³-hybridized carbons (Fsp3) is 0.385. The van der Waals surface area contributed by atoms with E-state index >= 15 is 0 Å². The Balaban J connectivity index is 1.05. The lowest BCUT2D eigenvalue weighted by molar-refractivity contribution is -0.132. The molecule has 4 heterocycles. The molecule has 7 rings (SSSR count). The zero-order valence-electron chi connectivity index (χ0n) is 19.9. The van der Waals surface area contributed by atoms with Crippen molar-refractivity contribution in [3.05, 3.63) is 71.2 Å². The number of rotatable bonds is 6. The first-order valence-electron chi connectivity index (χ1n) is 12.6. The minimum Gasteiger partial charge on any atom is -0.351 e. The summed E-state index contributed by atoms with van der Waals surface area (Å²) in [4.78, 5) is 29.0. The molecule has 1 aromatic carbocycles. The summed E-state index contributed by atoms with van der Waals surface area (Å²) in [6, 6.07) is 8.87. The second kappa shape index (κ2) is 8.54. The van der Waals surface area contributed by atoms with E-state index in [4.69, 9.17) is 4.98 Å². The lowest BCUT2D eigenvalue weighted by Gasteiger charge is -2.25. The molecule has 0 spiro atoms. The number of hydrogen-bond acceptors (Lipinski definition) is 7. The van der Waals surface area contributed by atoms with Gasteiger partial charge in [0.05, 0.1) is 17.9 Å². The number of carbonyl (C=O) groups is 1. The molecule has 1 amide bonds. The Kier molecular flexibility index (Phi) is 5.04. The molecular weight excluding hydrogens is 454 g/mol. The van der Waals surface area contributed by atoms with E-state index in [1.54, 1.807) is 0 Å². The standard InChI is InChI=1S/C26H27N9O/c36-24(34-8-7-21-23(14-34)32-33-31-21)15-35-13-22(30-25(35)16-5-6-16)19-11-27-26(28-12-19)29-20-9-17-3-1-2-4-18(17)10-20/h1-4,11-13,16,20H,5-10,14-15H2,(H,27,28,29)(H,31,32,33). The number of carbonyl (C=O) groups excluding carboxylic acids is 1. The topological polar surface area (TPSA) is 118 Å². The molecule has 3 aliphatic rings. The van der Waals surface area contributed by atoms with Gasteiger partial charge < -0.3 is 14.8 Å². The zero-order valence-corrected chi connectivity index (χ0v) is 19.9. The highest BCUT2D eigenvalue weighted by Gasteiger charge is 2.31. The highest BCUT2D eigenvalue weighted by atomic mass is 16.2. The van der Waals surface area contributed by atoms with Gasteiger partial charge in [0.1, 0.15) is 18.1 Å². The third kappa shape index (κ3) is 4.02. The van der Waals surface area contributed by atoms with Crippen LogP contribution in [0.2, 0.25) is 0 Å². The van der Waals surface area contributed by atoms with Gasteiger partial charge in [0.2, 0.25) is 11.9 Å². The second-order valence-electron chi connectivity index (χ2n) is 9.98. The number of amides is 1. The third-order valence-electron chi connectivity index (χ3n) is 7.40. The number of hydrogen-bond donors (Lipinski definition) is 2. The van der Waals surface area contributed by atoms with Gasteiger partial charge in [0.15, 0.2) is 0 Å². The van der Waals surface area contributed by atoms with Crippen LogP contribution in [0.1, 0.15) is 47.1 Å². The maximum absolute atomic E-state index is 13.1. The van der Waals surface area contributed by atoms with Gasteiger partial charge in [-0.3, -0.25) is 4.79 Å². The molecule has 2 N–H and O–H groups in total.